The molecule has 1 unspecified atom stereocenters. The summed E-state index contributed by atoms with van der Waals surface area (Å²) in [6.07, 6.45) is 1.89. The Hall–Kier alpha value is -0.900. The summed E-state index contributed by atoms with van der Waals surface area (Å²) in [6.45, 7) is 3.04. The monoisotopic (exact) mass is 297 g/mol. The topological polar surface area (TPSA) is 12.0 Å². The predicted octanol–water partition coefficient (Wildman–Crippen LogP) is 4.82. The van der Waals surface area contributed by atoms with Crippen LogP contribution in [0.1, 0.15) is 29.8 Å². The van der Waals surface area contributed by atoms with Gasteiger partial charge in [0.15, 0.2) is 0 Å². The summed E-state index contributed by atoms with van der Waals surface area (Å²) < 4.78 is 14.1. The Balaban J connectivity index is 2.15. The van der Waals surface area contributed by atoms with E-state index in [4.69, 9.17) is 11.6 Å². The van der Waals surface area contributed by atoms with Gasteiger partial charge in [0.05, 0.1) is 4.34 Å². The van der Waals surface area contributed by atoms with Crippen LogP contribution in [-0.4, -0.2) is 6.54 Å². The lowest BCUT2D eigenvalue weighted by molar-refractivity contribution is 0.527. The second-order valence-corrected chi connectivity index (χ2v) is 6.27. The van der Waals surface area contributed by atoms with Crippen molar-refractivity contribution < 1.29 is 4.39 Å². The molecule has 0 spiro atoms. The number of thiophene rings is 1. The van der Waals surface area contributed by atoms with Gasteiger partial charge in [-0.3, -0.25) is 0 Å². The van der Waals surface area contributed by atoms with Crippen LogP contribution in [-0.2, 0) is 6.42 Å². The van der Waals surface area contributed by atoms with Crippen molar-refractivity contribution in [1.29, 1.82) is 0 Å². The lowest BCUT2D eigenvalue weighted by atomic mass is 10.0. The normalized spacial score (nSPS) is 12.6. The molecule has 1 heterocycles. The Morgan fingerprint density at radius 2 is 2.16 bits per heavy atom. The molecule has 19 heavy (non-hydrogen) atoms. The fourth-order valence-electron chi connectivity index (χ4n) is 2.01. The molecule has 102 valence electrons. The molecular formula is C15H17ClFNS. The summed E-state index contributed by atoms with van der Waals surface area (Å²) in [5.74, 6) is -0.190. The molecule has 2 aromatic rings. The van der Waals surface area contributed by atoms with Crippen LogP contribution in [0.25, 0.3) is 0 Å². The minimum Gasteiger partial charge on any atom is -0.310 e. The third-order valence-electron chi connectivity index (χ3n) is 2.93. The van der Waals surface area contributed by atoms with Crippen molar-refractivity contribution in [2.45, 2.75) is 25.8 Å². The van der Waals surface area contributed by atoms with Crippen LogP contribution in [0.5, 0.6) is 0 Å². The van der Waals surface area contributed by atoms with E-state index in [-0.39, 0.29) is 11.9 Å². The number of hydrogen-bond acceptors (Lipinski definition) is 2. The quantitative estimate of drug-likeness (QED) is 0.806. The van der Waals surface area contributed by atoms with Gasteiger partial charge in [-0.15, -0.1) is 11.3 Å². The number of rotatable bonds is 6. The van der Waals surface area contributed by atoms with Crippen molar-refractivity contribution in [2.75, 3.05) is 6.54 Å². The van der Waals surface area contributed by atoms with Crippen LogP contribution in [0.4, 0.5) is 4.39 Å². The molecule has 0 radical (unpaired) electrons. The Morgan fingerprint density at radius 1 is 1.32 bits per heavy atom. The minimum atomic E-state index is -0.190. The van der Waals surface area contributed by atoms with Gasteiger partial charge >= 0.3 is 0 Å². The molecule has 1 nitrogen and oxygen atoms in total. The zero-order chi connectivity index (χ0) is 13.7. The fraction of sp³-hybridized carbons (Fsp3) is 0.333. The number of halogens is 2. The van der Waals surface area contributed by atoms with Crippen molar-refractivity contribution in [3.05, 3.63) is 57.0 Å². The van der Waals surface area contributed by atoms with E-state index in [0.717, 1.165) is 29.3 Å². The molecule has 0 amide bonds. The second-order valence-electron chi connectivity index (χ2n) is 4.47. The summed E-state index contributed by atoms with van der Waals surface area (Å²) in [5.41, 5.74) is 0.984. The SMILES string of the molecule is CCCNC(Cc1ccc(Cl)s1)c1cccc(F)c1. The highest BCUT2D eigenvalue weighted by Gasteiger charge is 2.13. The Labute approximate surface area is 122 Å². The smallest absolute Gasteiger partial charge is 0.123 e. The maximum Gasteiger partial charge on any atom is 0.123 e. The summed E-state index contributed by atoms with van der Waals surface area (Å²) >= 11 is 7.54. The molecule has 0 saturated carbocycles. The largest absolute Gasteiger partial charge is 0.310 e. The molecule has 0 aliphatic heterocycles. The lowest BCUT2D eigenvalue weighted by Gasteiger charge is -2.18. The molecule has 4 heteroatoms. The van der Waals surface area contributed by atoms with Crippen molar-refractivity contribution >= 4 is 22.9 Å². The second kappa shape index (κ2) is 7.04. The van der Waals surface area contributed by atoms with Gasteiger partial charge in [0, 0.05) is 17.3 Å². The van der Waals surface area contributed by atoms with Gasteiger partial charge in [0.2, 0.25) is 0 Å². The number of benzene rings is 1. The first-order valence-corrected chi connectivity index (χ1v) is 7.61. The zero-order valence-electron chi connectivity index (χ0n) is 10.8. The third kappa shape index (κ3) is 4.30. The van der Waals surface area contributed by atoms with E-state index in [0.29, 0.717) is 0 Å². The molecule has 2 rings (SSSR count). The van der Waals surface area contributed by atoms with Crippen LogP contribution in [0.3, 0.4) is 0 Å². The molecule has 1 atom stereocenters. The van der Waals surface area contributed by atoms with Crippen LogP contribution >= 0.6 is 22.9 Å². The van der Waals surface area contributed by atoms with E-state index in [2.05, 4.69) is 12.2 Å². The first-order valence-electron chi connectivity index (χ1n) is 6.42. The number of nitrogens with one attached hydrogen (secondary N) is 1. The Morgan fingerprint density at radius 3 is 2.79 bits per heavy atom. The van der Waals surface area contributed by atoms with Crippen molar-refractivity contribution in [2.24, 2.45) is 0 Å². The van der Waals surface area contributed by atoms with Crippen LogP contribution in [0, 0.1) is 5.82 Å². The molecular weight excluding hydrogens is 281 g/mol. The fourth-order valence-corrected chi connectivity index (χ4v) is 3.15. The van der Waals surface area contributed by atoms with E-state index >= 15 is 0 Å². The molecule has 0 bridgehead atoms. The maximum absolute atomic E-state index is 13.3. The molecule has 0 aliphatic carbocycles. The van der Waals surface area contributed by atoms with Crippen LogP contribution in [0.2, 0.25) is 4.34 Å². The van der Waals surface area contributed by atoms with Crippen molar-refractivity contribution in [3.8, 4) is 0 Å². The standard InChI is InChI=1S/C15H17ClFNS/c1-2-8-18-14(10-13-6-7-15(16)19-13)11-4-3-5-12(17)9-11/h3-7,9,14,18H,2,8,10H2,1H3. The van der Waals surface area contributed by atoms with Gasteiger partial charge in [-0.05, 0) is 42.8 Å². The molecule has 1 N–H and O–H groups in total. The van der Waals surface area contributed by atoms with Gasteiger partial charge in [-0.2, -0.15) is 0 Å². The average molecular weight is 298 g/mol. The van der Waals surface area contributed by atoms with Gasteiger partial charge in [0.25, 0.3) is 0 Å². The number of hydrogen-bond donors (Lipinski definition) is 1. The summed E-state index contributed by atoms with van der Waals surface area (Å²) in [5, 5.41) is 3.47. The molecule has 1 aromatic heterocycles. The van der Waals surface area contributed by atoms with Crippen molar-refractivity contribution in [3.63, 3.8) is 0 Å². The van der Waals surface area contributed by atoms with Crippen LogP contribution < -0.4 is 5.32 Å². The van der Waals surface area contributed by atoms with Gasteiger partial charge < -0.3 is 5.32 Å². The summed E-state index contributed by atoms with van der Waals surface area (Å²) in [4.78, 5) is 1.21. The van der Waals surface area contributed by atoms with E-state index in [9.17, 15) is 4.39 Å². The van der Waals surface area contributed by atoms with Crippen LogP contribution in [0.15, 0.2) is 36.4 Å². The van der Waals surface area contributed by atoms with Crippen molar-refractivity contribution in [1.82, 2.24) is 5.32 Å². The predicted molar refractivity (Wildman–Crippen MR) is 80.5 cm³/mol. The summed E-state index contributed by atoms with van der Waals surface area (Å²) in [6, 6.07) is 10.9. The highest BCUT2D eigenvalue weighted by Crippen LogP contribution is 2.27. The Kier molecular flexibility index (Phi) is 5.37. The van der Waals surface area contributed by atoms with E-state index in [1.807, 2.05) is 18.2 Å². The van der Waals surface area contributed by atoms with E-state index < -0.39 is 0 Å². The highest BCUT2D eigenvalue weighted by molar-refractivity contribution is 7.16. The first-order chi connectivity index (χ1) is 9.19. The highest BCUT2D eigenvalue weighted by atomic mass is 35.5. The molecule has 1 aromatic carbocycles. The van der Waals surface area contributed by atoms with Gasteiger partial charge in [-0.25, -0.2) is 4.39 Å². The van der Waals surface area contributed by atoms with E-state index in [1.54, 1.807) is 23.5 Å². The maximum atomic E-state index is 13.3. The average Bonchev–Trinajstić information content (AvgIpc) is 2.80. The third-order valence-corrected chi connectivity index (χ3v) is 4.18. The van der Waals surface area contributed by atoms with E-state index in [1.165, 1.54) is 10.9 Å². The molecule has 0 saturated heterocycles. The zero-order valence-corrected chi connectivity index (χ0v) is 12.4. The van der Waals surface area contributed by atoms with Gasteiger partial charge in [-0.1, -0.05) is 30.7 Å². The lowest BCUT2D eigenvalue weighted by Crippen LogP contribution is -2.23. The molecule has 0 fully saturated rings. The first kappa shape index (κ1) is 14.5. The Bertz CT molecular complexity index is 526. The minimum absolute atomic E-state index is 0.130. The summed E-state index contributed by atoms with van der Waals surface area (Å²) in [7, 11) is 0. The molecule has 0 aliphatic rings. The van der Waals surface area contributed by atoms with Gasteiger partial charge in [0.1, 0.15) is 5.82 Å².